The molecular weight excluding hydrogens is 310 g/mol. The highest BCUT2D eigenvalue weighted by Gasteiger charge is 2.10. The fourth-order valence-corrected chi connectivity index (χ4v) is 2.07. The molecule has 0 aliphatic carbocycles. The molecule has 0 saturated heterocycles. The molecule has 1 aromatic carbocycles. The number of hydrogen-bond acceptors (Lipinski definition) is 3. The zero-order chi connectivity index (χ0) is 17.2. The third kappa shape index (κ3) is 7.23. The molecule has 0 fully saturated rings. The molecule has 3 N–H and O–H groups in total. The van der Waals surface area contributed by atoms with E-state index in [9.17, 15) is 9.59 Å². The molecule has 0 radical (unpaired) electrons. The van der Waals surface area contributed by atoms with Crippen LogP contribution in [0.5, 0.6) is 0 Å². The van der Waals surface area contributed by atoms with E-state index in [0.29, 0.717) is 17.7 Å². The maximum Gasteiger partial charge on any atom is 0.251 e. The summed E-state index contributed by atoms with van der Waals surface area (Å²) in [4.78, 5) is 23.7. The first-order chi connectivity index (χ1) is 11.0. The van der Waals surface area contributed by atoms with Gasteiger partial charge in [0.2, 0.25) is 5.91 Å². The zero-order valence-electron chi connectivity index (χ0n) is 13.9. The molecule has 1 rings (SSSR count). The lowest BCUT2D eigenvalue weighted by Gasteiger charge is -2.13. The summed E-state index contributed by atoms with van der Waals surface area (Å²) >= 11 is 5.12. The van der Waals surface area contributed by atoms with Crippen molar-refractivity contribution >= 4 is 34.8 Å². The number of unbranched alkanes of at least 4 members (excludes halogenated alkanes) is 1. The maximum absolute atomic E-state index is 12.1. The molecule has 23 heavy (non-hydrogen) atoms. The van der Waals surface area contributed by atoms with Gasteiger partial charge in [-0.2, -0.15) is 0 Å². The number of carbonyl (C=O) groups is 2. The molecule has 5 nitrogen and oxygen atoms in total. The van der Waals surface area contributed by atoms with E-state index in [1.165, 1.54) is 0 Å². The first kappa shape index (κ1) is 19.1. The van der Waals surface area contributed by atoms with Crippen LogP contribution < -0.4 is 16.0 Å². The number of amides is 2. The van der Waals surface area contributed by atoms with Crippen LogP contribution in [0.25, 0.3) is 0 Å². The Morgan fingerprint density at radius 1 is 1.26 bits per heavy atom. The van der Waals surface area contributed by atoms with Crippen LogP contribution in [0.1, 0.15) is 56.8 Å². The fourth-order valence-electron chi connectivity index (χ4n) is 1.84. The molecule has 0 bridgehead atoms. The predicted molar refractivity (Wildman–Crippen MR) is 97.5 cm³/mol. The Morgan fingerprint density at radius 2 is 2.00 bits per heavy atom. The molecular formula is C17H25N3O2S. The molecule has 1 aromatic rings. The van der Waals surface area contributed by atoms with Gasteiger partial charge in [0, 0.05) is 23.7 Å². The summed E-state index contributed by atoms with van der Waals surface area (Å²) in [6, 6.07) is 7.14. The summed E-state index contributed by atoms with van der Waals surface area (Å²) < 4.78 is 0. The van der Waals surface area contributed by atoms with Gasteiger partial charge in [-0.15, -0.1) is 0 Å². The quantitative estimate of drug-likeness (QED) is 0.669. The first-order valence-corrected chi connectivity index (χ1v) is 8.38. The van der Waals surface area contributed by atoms with E-state index in [4.69, 9.17) is 12.2 Å². The van der Waals surface area contributed by atoms with Crippen LogP contribution >= 0.6 is 12.2 Å². The number of benzene rings is 1. The van der Waals surface area contributed by atoms with Gasteiger partial charge in [0.1, 0.15) is 0 Å². The number of nitrogens with one attached hydrogen (secondary N) is 3. The number of hydrogen-bond donors (Lipinski definition) is 3. The topological polar surface area (TPSA) is 70.2 Å². The van der Waals surface area contributed by atoms with E-state index in [2.05, 4.69) is 16.0 Å². The molecule has 0 spiro atoms. The molecule has 2 amide bonds. The Morgan fingerprint density at radius 3 is 2.65 bits per heavy atom. The minimum absolute atomic E-state index is 0.102. The van der Waals surface area contributed by atoms with Crippen LogP contribution in [0.4, 0.5) is 5.69 Å². The van der Waals surface area contributed by atoms with E-state index in [-0.39, 0.29) is 23.0 Å². The zero-order valence-corrected chi connectivity index (χ0v) is 14.8. The molecule has 0 aliphatic heterocycles. The van der Waals surface area contributed by atoms with Crippen LogP contribution in [0.2, 0.25) is 0 Å². The summed E-state index contributed by atoms with van der Waals surface area (Å²) in [5.41, 5.74) is 1.22. The predicted octanol–water partition coefficient (Wildman–Crippen LogP) is 3.22. The molecule has 0 aromatic heterocycles. The van der Waals surface area contributed by atoms with Crippen molar-refractivity contribution in [3.05, 3.63) is 29.8 Å². The van der Waals surface area contributed by atoms with Crippen molar-refractivity contribution < 1.29 is 9.59 Å². The van der Waals surface area contributed by atoms with Crippen molar-refractivity contribution in [3.8, 4) is 0 Å². The Balaban J connectivity index is 2.61. The van der Waals surface area contributed by atoms with E-state index in [1.54, 1.807) is 24.3 Å². The highest BCUT2D eigenvalue weighted by molar-refractivity contribution is 7.80. The van der Waals surface area contributed by atoms with Crippen LogP contribution in [0.15, 0.2) is 24.3 Å². The minimum Gasteiger partial charge on any atom is -0.350 e. The lowest BCUT2D eigenvalue weighted by atomic mass is 10.1. The van der Waals surface area contributed by atoms with Crippen molar-refractivity contribution in [3.63, 3.8) is 0 Å². The molecule has 6 heteroatoms. The maximum atomic E-state index is 12.1. The Kier molecular flexibility index (Phi) is 8.26. The lowest BCUT2D eigenvalue weighted by molar-refractivity contribution is -0.119. The third-order valence-electron chi connectivity index (χ3n) is 3.38. The molecule has 0 saturated carbocycles. The second-order valence-electron chi connectivity index (χ2n) is 5.47. The number of rotatable bonds is 7. The Bertz CT molecular complexity index is 561. The van der Waals surface area contributed by atoms with Crippen LogP contribution in [-0.4, -0.2) is 23.0 Å². The molecule has 0 aliphatic rings. The van der Waals surface area contributed by atoms with Crippen molar-refractivity contribution in [1.82, 2.24) is 10.6 Å². The average molecular weight is 335 g/mol. The van der Waals surface area contributed by atoms with Gasteiger partial charge in [0.15, 0.2) is 5.11 Å². The van der Waals surface area contributed by atoms with E-state index >= 15 is 0 Å². The van der Waals surface area contributed by atoms with E-state index in [0.717, 1.165) is 19.3 Å². The minimum atomic E-state index is -0.124. The van der Waals surface area contributed by atoms with Gasteiger partial charge < -0.3 is 16.0 Å². The Hall–Kier alpha value is -1.95. The normalized spacial score (nSPS) is 11.4. The highest BCUT2D eigenvalue weighted by atomic mass is 32.1. The summed E-state index contributed by atoms with van der Waals surface area (Å²) in [6.45, 7) is 6.00. The van der Waals surface area contributed by atoms with E-state index < -0.39 is 0 Å². The van der Waals surface area contributed by atoms with Crippen molar-refractivity contribution in [2.75, 3.05) is 5.32 Å². The summed E-state index contributed by atoms with van der Waals surface area (Å²) in [6.07, 6.45) is 3.12. The molecule has 1 unspecified atom stereocenters. The third-order valence-corrected chi connectivity index (χ3v) is 3.59. The Labute approximate surface area is 143 Å². The number of carbonyl (C=O) groups excluding carboxylic acids is 2. The average Bonchev–Trinajstić information content (AvgIpc) is 2.52. The second-order valence-corrected chi connectivity index (χ2v) is 5.88. The number of anilines is 1. The van der Waals surface area contributed by atoms with Crippen molar-refractivity contribution in [2.24, 2.45) is 0 Å². The standard InChI is InChI=1S/C17H25N3O2S/c1-4-6-10-15(21)20-17(23)19-14-9-7-8-13(11-14)16(22)18-12(3)5-2/h7-9,11-12H,4-6,10H2,1-3H3,(H,18,22)(H2,19,20,21,23). The monoisotopic (exact) mass is 335 g/mol. The lowest BCUT2D eigenvalue weighted by Crippen LogP contribution is -2.34. The molecule has 126 valence electrons. The fraction of sp³-hybridized carbons (Fsp3) is 0.471. The second kappa shape index (κ2) is 9.94. The largest absolute Gasteiger partial charge is 0.350 e. The van der Waals surface area contributed by atoms with Crippen LogP contribution in [-0.2, 0) is 4.79 Å². The van der Waals surface area contributed by atoms with Gasteiger partial charge in [-0.3, -0.25) is 9.59 Å². The smallest absolute Gasteiger partial charge is 0.251 e. The SMILES string of the molecule is CCCCC(=O)NC(=S)Nc1cccc(C(=O)NC(C)CC)c1. The number of thiocarbonyl (C=S) groups is 1. The van der Waals surface area contributed by atoms with Gasteiger partial charge in [-0.1, -0.05) is 26.3 Å². The highest BCUT2D eigenvalue weighted by Crippen LogP contribution is 2.11. The molecule has 0 heterocycles. The first-order valence-electron chi connectivity index (χ1n) is 7.98. The summed E-state index contributed by atoms with van der Waals surface area (Å²) in [7, 11) is 0. The van der Waals surface area contributed by atoms with Gasteiger partial charge in [0.25, 0.3) is 5.91 Å². The van der Waals surface area contributed by atoms with E-state index in [1.807, 2.05) is 20.8 Å². The van der Waals surface area contributed by atoms with Crippen LogP contribution in [0.3, 0.4) is 0 Å². The summed E-state index contributed by atoms with van der Waals surface area (Å²) in [5, 5.41) is 8.72. The van der Waals surface area contributed by atoms with Gasteiger partial charge in [0.05, 0.1) is 0 Å². The van der Waals surface area contributed by atoms with Gasteiger partial charge >= 0.3 is 0 Å². The van der Waals surface area contributed by atoms with Gasteiger partial charge in [-0.25, -0.2) is 0 Å². The van der Waals surface area contributed by atoms with Gasteiger partial charge in [-0.05, 0) is 50.2 Å². The van der Waals surface area contributed by atoms with Crippen molar-refractivity contribution in [2.45, 2.75) is 52.5 Å². The van der Waals surface area contributed by atoms with Crippen LogP contribution in [0, 0.1) is 0 Å². The molecule has 1 atom stereocenters. The van der Waals surface area contributed by atoms with Crippen molar-refractivity contribution in [1.29, 1.82) is 0 Å². The summed E-state index contributed by atoms with van der Waals surface area (Å²) in [5.74, 6) is -0.226.